The van der Waals surface area contributed by atoms with E-state index in [0.717, 1.165) is 25.7 Å². The van der Waals surface area contributed by atoms with Crippen LogP contribution < -0.4 is 10.5 Å². The van der Waals surface area contributed by atoms with Crippen LogP contribution in [0.4, 0.5) is 0 Å². The predicted octanol–water partition coefficient (Wildman–Crippen LogP) is 0.217. The van der Waals surface area contributed by atoms with Gasteiger partial charge in [0.1, 0.15) is 0 Å². The molecule has 0 radical (unpaired) electrons. The number of amides is 1. The molecule has 94 valence electrons. The molecule has 5 nitrogen and oxygen atoms in total. The SMILES string of the molecule is CC1CCC(C(=O)NCCS(N)(=O)=O)CC1. The molecule has 0 bridgehead atoms. The maximum atomic E-state index is 11.6. The first-order valence-electron chi connectivity index (χ1n) is 5.66. The fourth-order valence-corrected chi connectivity index (χ4v) is 2.37. The number of nitrogens with one attached hydrogen (secondary N) is 1. The van der Waals surface area contributed by atoms with Crippen LogP contribution in [-0.2, 0) is 14.8 Å². The molecule has 1 rings (SSSR count). The molecule has 0 unspecified atom stereocenters. The fourth-order valence-electron chi connectivity index (χ4n) is 1.98. The number of primary sulfonamides is 1. The first-order valence-corrected chi connectivity index (χ1v) is 7.38. The summed E-state index contributed by atoms with van der Waals surface area (Å²) in [6.45, 7) is 2.30. The summed E-state index contributed by atoms with van der Waals surface area (Å²) in [4.78, 5) is 11.6. The summed E-state index contributed by atoms with van der Waals surface area (Å²) in [5.41, 5.74) is 0. The first kappa shape index (κ1) is 13.4. The van der Waals surface area contributed by atoms with Crippen molar-refractivity contribution < 1.29 is 13.2 Å². The van der Waals surface area contributed by atoms with Crippen LogP contribution in [0.25, 0.3) is 0 Å². The average Bonchev–Trinajstić information content (AvgIpc) is 2.16. The van der Waals surface area contributed by atoms with Gasteiger partial charge in [-0.05, 0) is 31.6 Å². The van der Waals surface area contributed by atoms with Crippen LogP contribution in [0.3, 0.4) is 0 Å². The third-order valence-corrected chi connectivity index (χ3v) is 3.85. The molecule has 1 amide bonds. The highest BCUT2D eigenvalue weighted by Crippen LogP contribution is 2.28. The topological polar surface area (TPSA) is 89.3 Å². The second-order valence-electron chi connectivity index (χ2n) is 4.61. The maximum absolute atomic E-state index is 11.6. The summed E-state index contributed by atoms with van der Waals surface area (Å²) in [6.07, 6.45) is 3.96. The zero-order valence-electron chi connectivity index (χ0n) is 9.61. The minimum Gasteiger partial charge on any atom is -0.355 e. The molecule has 0 spiro atoms. The van der Waals surface area contributed by atoms with Gasteiger partial charge in [0, 0.05) is 12.5 Å². The normalized spacial score (nSPS) is 26.4. The van der Waals surface area contributed by atoms with E-state index in [0.29, 0.717) is 5.92 Å². The van der Waals surface area contributed by atoms with E-state index in [2.05, 4.69) is 12.2 Å². The Morgan fingerprint density at radius 1 is 1.31 bits per heavy atom. The Balaban J connectivity index is 2.25. The number of carbonyl (C=O) groups is 1. The van der Waals surface area contributed by atoms with Gasteiger partial charge in [0.05, 0.1) is 5.75 Å². The molecule has 0 aromatic rings. The Labute approximate surface area is 96.8 Å². The molecule has 0 saturated heterocycles. The quantitative estimate of drug-likeness (QED) is 0.745. The van der Waals surface area contributed by atoms with Crippen LogP contribution in [0.15, 0.2) is 0 Å². The minimum absolute atomic E-state index is 0.0319. The third-order valence-electron chi connectivity index (χ3n) is 3.07. The average molecular weight is 248 g/mol. The van der Waals surface area contributed by atoms with Gasteiger partial charge in [-0.2, -0.15) is 0 Å². The van der Waals surface area contributed by atoms with Crippen LogP contribution in [0.1, 0.15) is 32.6 Å². The van der Waals surface area contributed by atoms with Crippen molar-refractivity contribution in [2.45, 2.75) is 32.6 Å². The van der Waals surface area contributed by atoms with Gasteiger partial charge >= 0.3 is 0 Å². The number of nitrogens with two attached hydrogens (primary N) is 1. The molecule has 0 aromatic carbocycles. The van der Waals surface area contributed by atoms with Crippen LogP contribution in [0.2, 0.25) is 0 Å². The van der Waals surface area contributed by atoms with E-state index in [1.165, 1.54) is 0 Å². The van der Waals surface area contributed by atoms with Crippen LogP contribution >= 0.6 is 0 Å². The van der Waals surface area contributed by atoms with Crippen molar-refractivity contribution in [3.8, 4) is 0 Å². The van der Waals surface area contributed by atoms with Crippen molar-refractivity contribution in [2.24, 2.45) is 17.0 Å². The fraction of sp³-hybridized carbons (Fsp3) is 0.900. The van der Waals surface area contributed by atoms with E-state index in [9.17, 15) is 13.2 Å². The molecule has 0 aliphatic heterocycles. The third kappa shape index (κ3) is 4.94. The molecule has 1 fully saturated rings. The summed E-state index contributed by atoms with van der Waals surface area (Å²) in [5.74, 6) is 0.530. The summed E-state index contributed by atoms with van der Waals surface area (Å²) in [6, 6.07) is 0. The van der Waals surface area contributed by atoms with Crippen molar-refractivity contribution >= 4 is 15.9 Å². The van der Waals surface area contributed by atoms with Gasteiger partial charge in [-0.1, -0.05) is 6.92 Å². The number of rotatable bonds is 4. The Hall–Kier alpha value is -0.620. The van der Waals surface area contributed by atoms with Gasteiger partial charge < -0.3 is 5.32 Å². The van der Waals surface area contributed by atoms with Crippen LogP contribution in [0.5, 0.6) is 0 Å². The number of carbonyl (C=O) groups excluding carboxylic acids is 1. The van der Waals surface area contributed by atoms with E-state index in [1.54, 1.807) is 0 Å². The first-order chi connectivity index (χ1) is 7.38. The second kappa shape index (κ2) is 5.63. The van der Waals surface area contributed by atoms with Crippen molar-refractivity contribution in [3.63, 3.8) is 0 Å². The zero-order chi connectivity index (χ0) is 12.2. The summed E-state index contributed by atoms with van der Waals surface area (Å²) < 4.78 is 21.3. The second-order valence-corrected chi connectivity index (χ2v) is 6.35. The summed E-state index contributed by atoms with van der Waals surface area (Å²) in [5, 5.41) is 7.46. The molecule has 1 saturated carbocycles. The number of hydrogen-bond acceptors (Lipinski definition) is 3. The molecule has 0 heterocycles. The molecule has 0 aromatic heterocycles. The number of hydrogen-bond donors (Lipinski definition) is 2. The molecule has 6 heteroatoms. The van der Waals surface area contributed by atoms with Gasteiger partial charge in [0.25, 0.3) is 0 Å². The van der Waals surface area contributed by atoms with Crippen molar-refractivity contribution in [2.75, 3.05) is 12.3 Å². The molecular weight excluding hydrogens is 228 g/mol. The van der Waals surface area contributed by atoms with Gasteiger partial charge in [-0.25, -0.2) is 13.6 Å². The maximum Gasteiger partial charge on any atom is 0.223 e. The Bertz CT molecular complexity index is 332. The van der Waals surface area contributed by atoms with E-state index in [1.807, 2.05) is 0 Å². The number of sulfonamides is 1. The van der Waals surface area contributed by atoms with Crippen LogP contribution in [0, 0.1) is 11.8 Å². The Morgan fingerprint density at radius 2 is 1.88 bits per heavy atom. The largest absolute Gasteiger partial charge is 0.355 e. The van der Waals surface area contributed by atoms with E-state index in [4.69, 9.17) is 5.14 Å². The van der Waals surface area contributed by atoms with Crippen LogP contribution in [-0.4, -0.2) is 26.6 Å². The van der Waals surface area contributed by atoms with E-state index in [-0.39, 0.29) is 24.1 Å². The molecule has 0 atom stereocenters. The van der Waals surface area contributed by atoms with E-state index < -0.39 is 10.0 Å². The lowest BCUT2D eigenvalue weighted by Crippen LogP contribution is -2.36. The van der Waals surface area contributed by atoms with E-state index >= 15 is 0 Å². The van der Waals surface area contributed by atoms with Crippen molar-refractivity contribution in [1.82, 2.24) is 5.32 Å². The van der Waals surface area contributed by atoms with Gasteiger partial charge in [0.15, 0.2) is 0 Å². The molecule has 1 aliphatic carbocycles. The molecule has 1 aliphatic rings. The lowest BCUT2D eigenvalue weighted by atomic mass is 9.82. The monoisotopic (exact) mass is 248 g/mol. The minimum atomic E-state index is -3.47. The standard InChI is InChI=1S/C10H20N2O3S/c1-8-2-4-9(5-3-8)10(13)12-6-7-16(11,14)15/h8-9H,2-7H2,1H3,(H,12,13)(H2,11,14,15). The molecular formula is C10H20N2O3S. The smallest absolute Gasteiger partial charge is 0.223 e. The predicted molar refractivity (Wildman–Crippen MR) is 62.1 cm³/mol. The lowest BCUT2D eigenvalue weighted by Gasteiger charge is -2.25. The highest BCUT2D eigenvalue weighted by atomic mass is 32.2. The Morgan fingerprint density at radius 3 is 2.38 bits per heavy atom. The Kier molecular flexibility index (Phi) is 4.73. The van der Waals surface area contributed by atoms with Crippen molar-refractivity contribution in [1.29, 1.82) is 0 Å². The van der Waals surface area contributed by atoms with Gasteiger partial charge in [-0.3, -0.25) is 4.79 Å². The van der Waals surface area contributed by atoms with Gasteiger partial charge in [-0.15, -0.1) is 0 Å². The zero-order valence-corrected chi connectivity index (χ0v) is 10.4. The summed E-state index contributed by atoms with van der Waals surface area (Å²) in [7, 11) is -3.47. The van der Waals surface area contributed by atoms with Gasteiger partial charge in [0.2, 0.25) is 15.9 Å². The van der Waals surface area contributed by atoms with Crippen molar-refractivity contribution in [3.05, 3.63) is 0 Å². The highest BCUT2D eigenvalue weighted by Gasteiger charge is 2.23. The lowest BCUT2D eigenvalue weighted by molar-refractivity contribution is -0.126. The molecule has 3 N–H and O–H groups in total. The molecule has 16 heavy (non-hydrogen) atoms. The highest BCUT2D eigenvalue weighted by molar-refractivity contribution is 7.89. The summed E-state index contributed by atoms with van der Waals surface area (Å²) >= 11 is 0.